The fourth-order valence-corrected chi connectivity index (χ4v) is 2.21. The number of hydrogen-bond donors (Lipinski definition) is 1. The van der Waals surface area contributed by atoms with Crippen LogP contribution in [0.2, 0.25) is 0 Å². The van der Waals surface area contributed by atoms with Gasteiger partial charge in [-0.2, -0.15) is 8.42 Å². The molecule has 100 valence electrons. The van der Waals surface area contributed by atoms with E-state index in [4.69, 9.17) is 4.55 Å². The van der Waals surface area contributed by atoms with Gasteiger partial charge in [0.1, 0.15) is 4.90 Å². The SMILES string of the molecule is COC(=O)c1cccc(C(=O)OC)c1S(=O)(=O)O.[KH]. The Morgan fingerprint density at radius 3 is 1.68 bits per heavy atom. The summed E-state index contributed by atoms with van der Waals surface area (Å²) in [6.07, 6.45) is 0. The summed E-state index contributed by atoms with van der Waals surface area (Å²) >= 11 is 0. The van der Waals surface area contributed by atoms with Crippen LogP contribution in [0.4, 0.5) is 0 Å². The molecule has 1 aromatic rings. The van der Waals surface area contributed by atoms with E-state index >= 15 is 0 Å². The van der Waals surface area contributed by atoms with Gasteiger partial charge in [0.15, 0.2) is 0 Å². The predicted molar refractivity (Wildman–Crippen MR) is 66.1 cm³/mol. The monoisotopic (exact) mass is 314 g/mol. The molecule has 0 saturated heterocycles. The van der Waals surface area contributed by atoms with Gasteiger partial charge in [-0.15, -0.1) is 0 Å². The molecule has 0 aliphatic carbocycles. The van der Waals surface area contributed by atoms with Crippen molar-refractivity contribution in [1.29, 1.82) is 0 Å². The number of rotatable bonds is 3. The van der Waals surface area contributed by atoms with E-state index in [0.29, 0.717) is 0 Å². The number of carbonyl (C=O) groups excluding carboxylic acids is 2. The van der Waals surface area contributed by atoms with E-state index in [1.54, 1.807) is 0 Å². The van der Waals surface area contributed by atoms with Gasteiger partial charge in [-0.1, -0.05) is 6.07 Å². The normalized spacial score (nSPS) is 10.3. The third-order valence-corrected chi connectivity index (χ3v) is 3.04. The molecule has 0 aliphatic rings. The Kier molecular flexibility index (Phi) is 7.36. The van der Waals surface area contributed by atoms with E-state index in [1.165, 1.54) is 6.07 Å². The summed E-state index contributed by atoms with van der Waals surface area (Å²) in [4.78, 5) is 22.0. The van der Waals surface area contributed by atoms with Gasteiger partial charge in [-0.05, 0) is 12.1 Å². The molecule has 19 heavy (non-hydrogen) atoms. The molecule has 9 heteroatoms. The Morgan fingerprint density at radius 2 is 1.42 bits per heavy atom. The first-order valence-electron chi connectivity index (χ1n) is 4.60. The molecule has 0 amide bonds. The van der Waals surface area contributed by atoms with Crippen molar-refractivity contribution >= 4 is 73.4 Å². The maximum absolute atomic E-state index is 11.4. The van der Waals surface area contributed by atoms with Crippen LogP contribution in [-0.2, 0) is 19.6 Å². The first-order chi connectivity index (χ1) is 8.32. The van der Waals surface area contributed by atoms with Gasteiger partial charge in [0.05, 0.1) is 25.3 Å². The van der Waals surface area contributed by atoms with E-state index in [0.717, 1.165) is 26.4 Å². The summed E-state index contributed by atoms with van der Waals surface area (Å²) in [5.74, 6) is -1.98. The van der Waals surface area contributed by atoms with Crippen molar-refractivity contribution in [2.24, 2.45) is 0 Å². The second-order valence-electron chi connectivity index (χ2n) is 3.14. The zero-order chi connectivity index (χ0) is 13.9. The number of esters is 2. The van der Waals surface area contributed by atoms with Crippen molar-refractivity contribution in [2.45, 2.75) is 4.90 Å². The van der Waals surface area contributed by atoms with Crippen LogP contribution >= 0.6 is 0 Å². The van der Waals surface area contributed by atoms with Gasteiger partial charge < -0.3 is 9.47 Å². The second kappa shape index (κ2) is 7.48. The minimum absolute atomic E-state index is 0. The van der Waals surface area contributed by atoms with Gasteiger partial charge in [0, 0.05) is 0 Å². The topological polar surface area (TPSA) is 107 Å². The van der Waals surface area contributed by atoms with E-state index in [2.05, 4.69) is 9.47 Å². The number of ether oxygens (including phenoxy) is 2. The fourth-order valence-electron chi connectivity index (χ4n) is 1.36. The first-order valence-corrected chi connectivity index (χ1v) is 6.04. The molecule has 0 bridgehead atoms. The molecule has 0 unspecified atom stereocenters. The number of hydrogen-bond acceptors (Lipinski definition) is 6. The molecule has 0 atom stereocenters. The Labute approximate surface area is 152 Å². The molecule has 0 aliphatic heterocycles. The molecule has 0 heterocycles. The number of methoxy groups -OCH3 is 2. The van der Waals surface area contributed by atoms with Crippen molar-refractivity contribution in [1.82, 2.24) is 0 Å². The van der Waals surface area contributed by atoms with Crippen LogP contribution in [0, 0.1) is 0 Å². The summed E-state index contributed by atoms with van der Waals surface area (Å²) in [6, 6.07) is 3.50. The van der Waals surface area contributed by atoms with Crippen LogP contribution < -0.4 is 0 Å². The summed E-state index contributed by atoms with van der Waals surface area (Å²) in [7, 11) is -2.69. The summed E-state index contributed by atoms with van der Waals surface area (Å²) in [5.41, 5.74) is -0.884. The standard InChI is InChI=1S/C10H10O7S.K.H/c1-16-9(11)6-4-3-5-7(10(12)17-2)8(6)18(13,14)15;;/h3-5H,1-2H3,(H,13,14,15);;. The van der Waals surface area contributed by atoms with E-state index in [1.807, 2.05) is 0 Å². The van der Waals surface area contributed by atoms with Crippen molar-refractivity contribution in [3.8, 4) is 0 Å². The Balaban J connectivity index is 0.00000324. The third-order valence-electron chi connectivity index (χ3n) is 2.08. The second-order valence-corrected chi connectivity index (χ2v) is 4.50. The van der Waals surface area contributed by atoms with Gasteiger partial charge in [-0.3, -0.25) is 4.55 Å². The maximum atomic E-state index is 11.4. The summed E-state index contributed by atoms with van der Waals surface area (Å²) < 4.78 is 40.4. The molecule has 0 spiro atoms. The summed E-state index contributed by atoms with van der Waals surface area (Å²) in [5, 5.41) is 0. The minimum atomic E-state index is -4.78. The van der Waals surface area contributed by atoms with Crippen LogP contribution in [0.1, 0.15) is 20.7 Å². The Morgan fingerprint density at radius 1 is 1.05 bits per heavy atom. The predicted octanol–water partition coefficient (Wildman–Crippen LogP) is -0.142. The van der Waals surface area contributed by atoms with Crippen LogP contribution in [0.15, 0.2) is 23.1 Å². The first kappa shape index (κ1) is 18.7. The van der Waals surface area contributed by atoms with Crippen molar-refractivity contribution < 1.29 is 32.0 Å². The Hall–Kier alpha value is -0.294. The van der Waals surface area contributed by atoms with Gasteiger partial charge in [-0.25, -0.2) is 9.59 Å². The molecule has 0 fully saturated rings. The third kappa shape index (κ3) is 4.34. The van der Waals surface area contributed by atoms with E-state index in [9.17, 15) is 18.0 Å². The van der Waals surface area contributed by atoms with Gasteiger partial charge in [0.2, 0.25) is 0 Å². The molecule has 1 aromatic carbocycles. The van der Waals surface area contributed by atoms with Crippen molar-refractivity contribution in [3.05, 3.63) is 29.3 Å². The average Bonchev–Trinajstić information content (AvgIpc) is 2.34. The molecule has 0 saturated carbocycles. The van der Waals surface area contributed by atoms with E-state index < -0.39 is 38.1 Å². The Bertz CT molecular complexity index is 560. The fraction of sp³-hybridized carbons (Fsp3) is 0.200. The summed E-state index contributed by atoms with van der Waals surface area (Å²) in [6.45, 7) is 0. The molecular formula is C10H11KO7S. The average molecular weight is 314 g/mol. The van der Waals surface area contributed by atoms with Crippen LogP contribution in [0.5, 0.6) is 0 Å². The molecule has 1 rings (SSSR count). The molecule has 0 aromatic heterocycles. The quantitative estimate of drug-likeness (QED) is 0.470. The van der Waals surface area contributed by atoms with Gasteiger partial charge in [0.25, 0.3) is 10.1 Å². The van der Waals surface area contributed by atoms with Gasteiger partial charge >= 0.3 is 63.3 Å². The van der Waals surface area contributed by atoms with Crippen molar-refractivity contribution in [3.63, 3.8) is 0 Å². The number of carbonyl (C=O) groups is 2. The van der Waals surface area contributed by atoms with Crippen molar-refractivity contribution in [2.75, 3.05) is 14.2 Å². The van der Waals surface area contributed by atoms with Crippen LogP contribution in [0.3, 0.4) is 0 Å². The molecular weight excluding hydrogens is 303 g/mol. The van der Waals surface area contributed by atoms with E-state index in [-0.39, 0.29) is 51.4 Å². The van der Waals surface area contributed by atoms with Crippen LogP contribution in [0.25, 0.3) is 0 Å². The molecule has 1 N–H and O–H groups in total. The molecule has 7 nitrogen and oxygen atoms in total. The molecule has 0 radical (unpaired) electrons. The number of benzene rings is 1. The zero-order valence-electron chi connectivity index (χ0n) is 9.54. The van der Waals surface area contributed by atoms with Crippen LogP contribution in [-0.4, -0.2) is 90.5 Å². The zero-order valence-corrected chi connectivity index (χ0v) is 10.4.